The van der Waals surface area contributed by atoms with Gasteiger partial charge in [0.2, 0.25) is 11.3 Å². The van der Waals surface area contributed by atoms with Gasteiger partial charge in [0, 0.05) is 59.7 Å². The lowest BCUT2D eigenvalue weighted by Crippen LogP contribution is -2.23. The first-order valence-corrected chi connectivity index (χ1v) is 11.7. The van der Waals surface area contributed by atoms with Crippen LogP contribution in [-0.2, 0) is 4.79 Å². The zero-order chi connectivity index (χ0) is 24.6. The van der Waals surface area contributed by atoms with Crippen molar-refractivity contribution in [1.82, 2.24) is 4.58 Å². The number of nitrogens with one attached hydrogen (secondary N) is 1. The van der Waals surface area contributed by atoms with Gasteiger partial charge in [-0.1, -0.05) is 22.0 Å². The van der Waals surface area contributed by atoms with Crippen LogP contribution in [0.2, 0.25) is 0 Å². The molecule has 0 radical (unpaired) electrons. The topological polar surface area (TPSA) is 88.6 Å². The molecule has 174 valence electrons. The molecule has 0 atom stereocenters. The Morgan fingerprint density at radius 1 is 1.03 bits per heavy atom. The number of rotatable bonds is 5. The maximum absolute atomic E-state index is 12.1. The van der Waals surface area contributed by atoms with E-state index in [1.54, 1.807) is 12.1 Å². The molecule has 2 aliphatic rings. The van der Waals surface area contributed by atoms with Crippen molar-refractivity contribution in [1.29, 1.82) is 0 Å². The van der Waals surface area contributed by atoms with Crippen LogP contribution in [-0.4, -0.2) is 45.4 Å². The number of carboxylic acids is 1. The smallest absolute Gasteiger partial charge is 0.235 e. The SMILES string of the molecule is CN(C)c1ccc2c(-c3cc(NC(=O)CBr)ccc3C(=O)[O-])c3ccc(=[N+](C)C)cc-3oc2c1. The van der Waals surface area contributed by atoms with Gasteiger partial charge in [0.1, 0.15) is 25.4 Å². The maximum atomic E-state index is 12.1. The minimum absolute atomic E-state index is 0.0269. The molecule has 0 saturated heterocycles. The van der Waals surface area contributed by atoms with Gasteiger partial charge in [-0.05, 0) is 35.9 Å². The van der Waals surface area contributed by atoms with Gasteiger partial charge in [-0.3, -0.25) is 4.79 Å². The van der Waals surface area contributed by atoms with Gasteiger partial charge in [-0.15, -0.1) is 0 Å². The van der Waals surface area contributed by atoms with Crippen molar-refractivity contribution in [3.63, 3.8) is 0 Å². The van der Waals surface area contributed by atoms with E-state index in [4.69, 9.17) is 4.42 Å². The fraction of sp³-hybridized carbons (Fsp3) is 0.192. The van der Waals surface area contributed by atoms with Crippen molar-refractivity contribution in [3.05, 3.63) is 65.5 Å². The summed E-state index contributed by atoms with van der Waals surface area (Å²) in [6.45, 7) is 0. The van der Waals surface area contributed by atoms with Gasteiger partial charge >= 0.3 is 0 Å². The number of aromatic carboxylic acids is 1. The zero-order valence-electron chi connectivity index (χ0n) is 19.3. The van der Waals surface area contributed by atoms with Crippen LogP contribution < -0.4 is 25.3 Å². The monoisotopic (exact) mass is 521 g/mol. The second-order valence-corrected chi connectivity index (χ2v) is 8.92. The Kier molecular flexibility index (Phi) is 6.43. The van der Waals surface area contributed by atoms with E-state index in [0.29, 0.717) is 28.2 Å². The van der Waals surface area contributed by atoms with E-state index < -0.39 is 5.97 Å². The van der Waals surface area contributed by atoms with Crippen molar-refractivity contribution in [2.24, 2.45) is 0 Å². The molecule has 2 aromatic rings. The highest BCUT2D eigenvalue weighted by Gasteiger charge is 2.21. The lowest BCUT2D eigenvalue weighted by atomic mass is 9.90. The second kappa shape index (κ2) is 9.30. The molecular weight excluding hydrogens is 498 g/mol. The Labute approximate surface area is 205 Å². The number of carboxylic acid groups (broad SMARTS) is 1. The van der Waals surface area contributed by atoms with Gasteiger partial charge in [0.25, 0.3) is 0 Å². The van der Waals surface area contributed by atoms with E-state index in [9.17, 15) is 14.7 Å². The van der Waals surface area contributed by atoms with E-state index in [2.05, 4.69) is 21.2 Å². The molecule has 1 aliphatic carbocycles. The highest BCUT2D eigenvalue weighted by molar-refractivity contribution is 9.09. The molecule has 0 fully saturated rings. The van der Waals surface area contributed by atoms with E-state index >= 15 is 0 Å². The Morgan fingerprint density at radius 3 is 2.44 bits per heavy atom. The number of anilines is 2. The third-order valence-electron chi connectivity index (χ3n) is 5.64. The zero-order valence-corrected chi connectivity index (χ0v) is 20.9. The Hall–Kier alpha value is -3.65. The largest absolute Gasteiger partial charge is 0.545 e. The van der Waals surface area contributed by atoms with E-state index in [-0.39, 0.29) is 16.8 Å². The summed E-state index contributed by atoms with van der Waals surface area (Å²) in [6, 6.07) is 16.3. The van der Waals surface area contributed by atoms with Gasteiger partial charge < -0.3 is 24.5 Å². The molecule has 1 amide bonds. The average molecular weight is 522 g/mol. The summed E-state index contributed by atoms with van der Waals surface area (Å²) in [5.41, 5.74) is 3.96. The standard InChI is InChI=1S/C26H24BrN3O4/c1-29(2)16-6-9-19-22(12-16)34-23-13-17(30(3)4)7-10-20(23)25(19)21-11-15(28-24(31)14-27)5-8-18(21)26(32)33/h5-13H,14H2,1-4H3,(H-,28,31,32,33). The Balaban J connectivity index is 2.13. The summed E-state index contributed by atoms with van der Waals surface area (Å²) < 4.78 is 8.28. The number of benzene rings is 3. The summed E-state index contributed by atoms with van der Waals surface area (Å²) in [5, 5.41) is 16.7. The number of fused-ring (bicyclic) bond motifs is 2. The van der Waals surface area contributed by atoms with Crippen molar-refractivity contribution in [2.45, 2.75) is 0 Å². The molecule has 0 bridgehead atoms. The van der Waals surface area contributed by atoms with E-state index in [1.807, 2.05) is 74.1 Å². The molecule has 0 aromatic heterocycles. The van der Waals surface area contributed by atoms with E-state index in [0.717, 1.165) is 22.0 Å². The molecular formula is C26H24BrN3O4. The van der Waals surface area contributed by atoms with Crippen molar-refractivity contribution < 1.29 is 19.1 Å². The molecule has 8 heteroatoms. The molecule has 2 aromatic carbocycles. The predicted molar refractivity (Wildman–Crippen MR) is 136 cm³/mol. The van der Waals surface area contributed by atoms with Crippen LogP contribution in [0.5, 0.6) is 0 Å². The fourth-order valence-corrected chi connectivity index (χ4v) is 4.06. The predicted octanol–water partition coefficient (Wildman–Crippen LogP) is 3.00. The van der Waals surface area contributed by atoms with Gasteiger partial charge in [-0.2, -0.15) is 0 Å². The van der Waals surface area contributed by atoms with E-state index in [1.165, 1.54) is 6.07 Å². The molecule has 1 N–H and O–H groups in total. The van der Waals surface area contributed by atoms with Crippen LogP contribution in [0.3, 0.4) is 0 Å². The average Bonchev–Trinajstić information content (AvgIpc) is 2.81. The summed E-state index contributed by atoms with van der Waals surface area (Å²) in [4.78, 5) is 26.0. The fourth-order valence-electron chi connectivity index (χ4n) is 3.92. The van der Waals surface area contributed by atoms with Crippen LogP contribution in [0.1, 0.15) is 10.4 Å². The lowest BCUT2D eigenvalue weighted by Gasteiger charge is -2.20. The van der Waals surface area contributed by atoms with Gasteiger partial charge in [-0.25, -0.2) is 4.58 Å². The third kappa shape index (κ3) is 4.41. The van der Waals surface area contributed by atoms with Crippen molar-refractivity contribution in [2.75, 3.05) is 43.7 Å². The summed E-state index contributed by atoms with van der Waals surface area (Å²) in [5.74, 6) is -0.926. The number of hydrogen-bond donors (Lipinski definition) is 1. The van der Waals surface area contributed by atoms with Crippen LogP contribution in [0.4, 0.5) is 11.4 Å². The number of alkyl halides is 1. The first-order chi connectivity index (χ1) is 16.2. The molecule has 1 aliphatic heterocycles. The molecule has 4 rings (SSSR count). The Bertz CT molecular complexity index is 1470. The first kappa shape index (κ1) is 23.5. The number of nitrogens with zero attached hydrogens (tertiary/aromatic N) is 2. The number of amides is 1. The molecule has 34 heavy (non-hydrogen) atoms. The minimum Gasteiger partial charge on any atom is -0.545 e. The first-order valence-electron chi connectivity index (χ1n) is 10.6. The summed E-state index contributed by atoms with van der Waals surface area (Å²) in [6.07, 6.45) is 0. The summed E-state index contributed by atoms with van der Waals surface area (Å²) in [7, 11) is 7.77. The highest BCUT2D eigenvalue weighted by atomic mass is 79.9. The van der Waals surface area contributed by atoms with Crippen molar-refractivity contribution in [3.8, 4) is 22.5 Å². The molecule has 0 spiro atoms. The molecule has 0 saturated carbocycles. The summed E-state index contributed by atoms with van der Waals surface area (Å²) >= 11 is 3.14. The van der Waals surface area contributed by atoms with Crippen LogP contribution in [0.15, 0.2) is 59.0 Å². The van der Waals surface area contributed by atoms with Crippen LogP contribution in [0, 0.1) is 0 Å². The molecule has 0 unspecified atom stereocenters. The molecule has 1 heterocycles. The third-order valence-corrected chi connectivity index (χ3v) is 6.15. The molecule has 7 nitrogen and oxygen atoms in total. The van der Waals surface area contributed by atoms with Crippen LogP contribution >= 0.6 is 15.9 Å². The maximum Gasteiger partial charge on any atom is 0.235 e. The van der Waals surface area contributed by atoms with Gasteiger partial charge in [0.05, 0.1) is 17.4 Å². The minimum atomic E-state index is -1.30. The quantitative estimate of drug-likeness (QED) is 0.248. The lowest BCUT2D eigenvalue weighted by molar-refractivity contribution is -0.254. The Morgan fingerprint density at radius 2 is 1.79 bits per heavy atom. The number of hydrogen-bond acceptors (Lipinski definition) is 5. The number of carbonyl (C=O) groups is 2. The highest BCUT2D eigenvalue weighted by Crippen LogP contribution is 2.42. The normalized spacial score (nSPS) is 11.0. The van der Waals surface area contributed by atoms with Crippen LogP contribution in [0.25, 0.3) is 33.4 Å². The van der Waals surface area contributed by atoms with Crippen molar-refractivity contribution >= 4 is 50.2 Å². The number of halogens is 1. The van der Waals surface area contributed by atoms with Gasteiger partial charge in [0.15, 0.2) is 0 Å². The number of carbonyl (C=O) groups excluding carboxylic acids is 2. The second-order valence-electron chi connectivity index (χ2n) is 8.36.